The minimum atomic E-state index is -0.363. The smallest absolute Gasteiger partial charge is 0.338 e. The normalized spacial score (nSPS) is 14.7. The molecule has 1 fully saturated rings. The number of aromatic nitrogens is 1. The Morgan fingerprint density at radius 2 is 1.97 bits per heavy atom. The molecular formula is C25H29N3O3. The molecule has 1 aromatic heterocycles. The molecule has 1 amide bonds. The van der Waals surface area contributed by atoms with Crippen molar-refractivity contribution >= 4 is 18.0 Å². The lowest BCUT2D eigenvalue weighted by Crippen LogP contribution is -2.36. The van der Waals surface area contributed by atoms with Crippen molar-refractivity contribution in [2.24, 2.45) is 0 Å². The maximum Gasteiger partial charge on any atom is 0.338 e. The number of carbonyl (C=O) groups excluding carboxylic acids is 2. The zero-order valence-electron chi connectivity index (χ0n) is 18.4. The molecule has 6 nitrogen and oxygen atoms in total. The number of aryl methyl sites for hydroxylation is 1. The molecule has 1 heterocycles. The van der Waals surface area contributed by atoms with E-state index in [1.54, 1.807) is 25.1 Å². The molecule has 0 radical (unpaired) electrons. The highest BCUT2D eigenvalue weighted by Crippen LogP contribution is 2.24. The van der Waals surface area contributed by atoms with Crippen molar-refractivity contribution in [3.05, 3.63) is 58.4 Å². The van der Waals surface area contributed by atoms with Crippen LogP contribution in [0.2, 0.25) is 0 Å². The van der Waals surface area contributed by atoms with E-state index in [0.717, 1.165) is 48.3 Å². The Bertz CT molecular complexity index is 1040. The first-order valence-electron chi connectivity index (χ1n) is 10.8. The quantitative estimate of drug-likeness (QED) is 0.420. The highest BCUT2D eigenvalue weighted by atomic mass is 16.5. The molecule has 0 spiro atoms. The van der Waals surface area contributed by atoms with Crippen molar-refractivity contribution in [1.82, 2.24) is 9.88 Å². The second-order valence-electron chi connectivity index (χ2n) is 7.91. The Morgan fingerprint density at radius 1 is 1.23 bits per heavy atom. The monoisotopic (exact) mass is 419 g/mol. The van der Waals surface area contributed by atoms with Crippen molar-refractivity contribution in [2.75, 3.05) is 6.61 Å². The Hall–Kier alpha value is -3.33. The van der Waals surface area contributed by atoms with Crippen LogP contribution in [-0.2, 0) is 9.53 Å². The van der Waals surface area contributed by atoms with Gasteiger partial charge >= 0.3 is 5.97 Å². The van der Waals surface area contributed by atoms with Crippen LogP contribution in [0, 0.1) is 25.2 Å². The van der Waals surface area contributed by atoms with Gasteiger partial charge in [-0.1, -0.05) is 25.3 Å². The van der Waals surface area contributed by atoms with Crippen LogP contribution < -0.4 is 5.32 Å². The maximum absolute atomic E-state index is 12.6. The van der Waals surface area contributed by atoms with E-state index in [4.69, 9.17) is 4.74 Å². The molecule has 1 saturated carbocycles. The Balaban J connectivity index is 1.88. The topological polar surface area (TPSA) is 84.1 Å². The summed E-state index contributed by atoms with van der Waals surface area (Å²) < 4.78 is 7.10. The van der Waals surface area contributed by atoms with Gasteiger partial charge in [0.05, 0.1) is 12.2 Å². The fraction of sp³-hybridized carbons (Fsp3) is 0.400. The van der Waals surface area contributed by atoms with Gasteiger partial charge in [-0.3, -0.25) is 4.79 Å². The molecule has 1 aliphatic carbocycles. The zero-order valence-corrected chi connectivity index (χ0v) is 18.4. The summed E-state index contributed by atoms with van der Waals surface area (Å²) in [7, 11) is 0. The van der Waals surface area contributed by atoms with E-state index in [0.29, 0.717) is 12.2 Å². The standard InChI is InChI=1S/C25H29N3O3/c1-4-31-25(30)19-9-8-12-23(15-19)28-17(2)13-20(18(28)3)14-21(16-26)24(29)27-22-10-6-5-7-11-22/h8-9,12-15,22H,4-7,10-11H2,1-3H3,(H,27,29). The van der Waals surface area contributed by atoms with E-state index < -0.39 is 0 Å². The highest BCUT2D eigenvalue weighted by Gasteiger charge is 2.19. The number of nitrogens with zero attached hydrogens (tertiary/aromatic N) is 2. The fourth-order valence-corrected chi connectivity index (χ4v) is 4.13. The van der Waals surface area contributed by atoms with Gasteiger partial charge in [0.25, 0.3) is 5.91 Å². The predicted octanol–water partition coefficient (Wildman–Crippen LogP) is 4.63. The minimum absolute atomic E-state index is 0.103. The number of hydrogen-bond acceptors (Lipinski definition) is 4. The summed E-state index contributed by atoms with van der Waals surface area (Å²) in [6.07, 6.45) is 7.01. The second kappa shape index (κ2) is 10.1. The largest absolute Gasteiger partial charge is 0.462 e. The SMILES string of the molecule is CCOC(=O)c1cccc(-n2c(C)cc(C=C(C#N)C(=O)NC3CCCCC3)c2C)c1. The highest BCUT2D eigenvalue weighted by molar-refractivity contribution is 6.02. The zero-order chi connectivity index (χ0) is 22.4. The first kappa shape index (κ1) is 22.4. The van der Waals surface area contributed by atoms with Gasteiger partial charge < -0.3 is 14.6 Å². The molecule has 0 saturated heterocycles. The number of rotatable bonds is 6. The molecule has 1 aliphatic rings. The molecule has 3 rings (SSSR count). The summed E-state index contributed by atoms with van der Waals surface area (Å²) >= 11 is 0. The van der Waals surface area contributed by atoms with E-state index in [-0.39, 0.29) is 23.5 Å². The van der Waals surface area contributed by atoms with Crippen LogP contribution in [0.3, 0.4) is 0 Å². The third-order valence-corrected chi connectivity index (χ3v) is 5.69. The lowest BCUT2D eigenvalue weighted by molar-refractivity contribution is -0.117. The number of carbonyl (C=O) groups is 2. The Morgan fingerprint density at radius 3 is 2.65 bits per heavy atom. The molecule has 1 aromatic carbocycles. The molecule has 0 atom stereocenters. The van der Waals surface area contributed by atoms with Crippen LogP contribution in [0.25, 0.3) is 11.8 Å². The number of hydrogen-bond donors (Lipinski definition) is 1. The third kappa shape index (κ3) is 5.24. The van der Waals surface area contributed by atoms with E-state index >= 15 is 0 Å². The van der Waals surface area contributed by atoms with Crippen LogP contribution in [0.15, 0.2) is 35.9 Å². The predicted molar refractivity (Wildman–Crippen MR) is 120 cm³/mol. The average Bonchev–Trinajstić information content (AvgIpc) is 3.05. The summed E-state index contributed by atoms with van der Waals surface area (Å²) in [5.74, 6) is -0.679. The molecular weight excluding hydrogens is 390 g/mol. The minimum Gasteiger partial charge on any atom is -0.462 e. The van der Waals surface area contributed by atoms with Crippen molar-refractivity contribution in [3.8, 4) is 11.8 Å². The molecule has 1 N–H and O–H groups in total. The molecule has 0 aliphatic heterocycles. The van der Waals surface area contributed by atoms with Crippen molar-refractivity contribution in [1.29, 1.82) is 5.26 Å². The van der Waals surface area contributed by atoms with Crippen LogP contribution in [-0.4, -0.2) is 29.1 Å². The third-order valence-electron chi connectivity index (χ3n) is 5.69. The summed E-state index contributed by atoms with van der Waals surface area (Å²) in [5, 5.41) is 12.6. The van der Waals surface area contributed by atoms with Gasteiger partial charge in [0.15, 0.2) is 0 Å². The lowest BCUT2D eigenvalue weighted by atomic mass is 9.95. The van der Waals surface area contributed by atoms with Gasteiger partial charge in [-0.05, 0) is 69.5 Å². The van der Waals surface area contributed by atoms with Crippen LogP contribution in [0.4, 0.5) is 0 Å². The van der Waals surface area contributed by atoms with E-state index in [1.807, 2.05) is 36.6 Å². The van der Waals surface area contributed by atoms with Crippen LogP contribution in [0.5, 0.6) is 0 Å². The average molecular weight is 420 g/mol. The number of ether oxygens (including phenoxy) is 1. The van der Waals surface area contributed by atoms with Gasteiger partial charge in [-0.15, -0.1) is 0 Å². The number of amides is 1. The summed E-state index contributed by atoms with van der Waals surface area (Å²) in [5.41, 5.74) is 4.03. The summed E-state index contributed by atoms with van der Waals surface area (Å²) in [4.78, 5) is 24.7. The van der Waals surface area contributed by atoms with Crippen LogP contribution >= 0.6 is 0 Å². The molecule has 0 unspecified atom stereocenters. The van der Waals surface area contributed by atoms with Gasteiger partial charge in [-0.2, -0.15) is 5.26 Å². The Kier molecular flexibility index (Phi) is 7.30. The fourth-order valence-electron chi connectivity index (χ4n) is 4.13. The van der Waals surface area contributed by atoms with Crippen molar-refractivity contribution < 1.29 is 14.3 Å². The van der Waals surface area contributed by atoms with E-state index in [9.17, 15) is 14.9 Å². The first-order valence-corrected chi connectivity index (χ1v) is 10.8. The number of nitriles is 1. The van der Waals surface area contributed by atoms with Crippen molar-refractivity contribution in [2.45, 2.75) is 58.9 Å². The molecule has 0 bridgehead atoms. The Labute approximate surface area is 183 Å². The first-order chi connectivity index (χ1) is 14.9. The lowest BCUT2D eigenvalue weighted by Gasteiger charge is -2.22. The van der Waals surface area contributed by atoms with Gasteiger partial charge in [0.2, 0.25) is 0 Å². The van der Waals surface area contributed by atoms with Crippen molar-refractivity contribution in [3.63, 3.8) is 0 Å². The van der Waals surface area contributed by atoms with Gasteiger partial charge in [0.1, 0.15) is 11.6 Å². The summed E-state index contributed by atoms with van der Waals surface area (Å²) in [6.45, 7) is 5.98. The second-order valence-corrected chi connectivity index (χ2v) is 7.91. The summed E-state index contributed by atoms with van der Waals surface area (Å²) in [6, 6.07) is 11.4. The van der Waals surface area contributed by atoms with Gasteiger partial charge in [-0.25, -0.2) is 4.79 Å². The molecule has 31 heavy (non-hydrogen) atoms. The maximum atomic E-state index is 12.6. The molecule has 162 valence electrons. The van der Waals surface area contributed by atoms with E-state index in [1.165, 1.54) is 6.42 Å². The van der Waals surface area contributed by atoms with Crippen LogP contribution in [0.1, 0.15) is 66.3 Å². The number of benzene rings is 1. The van der Waals surface area contributed by atoms with Gasteiger partial charge in [0, 0.05) is 23.1 Å². The number of nitrogens with one attached hydrogen (secondary N) is 1. The number of esters is 1. The molecule has 6 heteroatoms. The van der Waals surface area contributed by atoms with E-state index in [2.05, 4.69) is 11.4 Å². The molecule has 2 aromatic rings.